The number of guanidine groups is 1. The molecule has 1 aromatic heterocycles. The Kier molecular flexibility index (Phi) is 8.91. The van der Waals surface area contributed by atoms with Gasteiger partial charge in [-0.15, -0.1) is 11.3 Å². The third-order valence-electron chi connectivity index (χ3n) is 5.03. The molecule has 2 rings (SSSR count). The van der Waals surface area contributed by atoms with E-state index < -0.39 is 0 Å². The fraction of sp³-hybridized carbons (Fsp3) is 0.684. The number of rotatable bonds is 10. The Balaban J connectivity index is 1.63. The summed E-state index contributed by atoms with van der Waals surface area (Å²) < 4.78 is 5.29. The molecule has 7 heteroatoms. The molecule has 26 heavy (non-hydrogen) atoms. The van der Waals surface area contributed by atoms with Crippen molar-refractivity contribution >= 4 is 23.2 Å². The lowest BCUT2D eigenvalue weighted by Gasteiger charge is -2.30. The molecule has 1 aliphatic rings. The normalized spacial score (nSPS) is 16.5. The number of carbonyl (C=O) groups excluding carboxylic acids is 1. The molecule has 1 saturated carbocycles. The van der Waals surface area contributed by atoms with Crippen molar-refractivity contribution in [3.8, 4) is 0 Å². The van der Waals surface area contributed by atoms with Gasteiger partial charge >= 0.3 is 0 Å². The van der Waals surface area contributed by atoms with E-state index in [1.54, 1.807) is 14.2 Å². The van der Waals surface area contributed by atoms with Gasteiger partial charge in [-0.05, 0) is 42.5 Å². The number of nitrogens with one attached hydrogen (secondary N) is 3. The fourth-order valence-electron chi connectivity index (χ4n) is 3.44. The minimum absolute atomic E-state index is 0.00354. The second kappa shape index (κ2) is 11.2. The molecule has 0 aliphatic heterocycles. The topological polar surface area (TPSA) is 74.8 Å². The fourth-order valence-corrected chi connectivity index (χ4v) is 4.08. The maximum atomic E-state index is 11.9. The SMILES string of the molecule is CN=C(NCCCNC(=O)c1cccs1)NCC1(CCOC)CCCC1. The first kappa shape index (κ1) is 20.7. The Bertz CT molecular complexity index is 554. The number of nitrogens with zero attached hydrogens (tertiary/aromatic N) is 1. The Morgan fingerprint density at radius 1 is 1.27 bits per heavy atom. The second-order valence-corrected chi connectivity index (χ2v) is 7.84. The first-order valence-corrected chi connectivity index (χ1v) is 10.3. The van der Waals surface area contributed by atoms with Gasteiger partial charge in [0.25, 0.3) is 5.91 Å². The number of carbonyl (C=O) groups is 1. The van der Waals surface area contributed by atoms with Crippen molar-refractivity contribution in [2.45, 2.75) is 38.5 Å². The molecule has 0 bridgehead atoms. The van der Waals surface area contributed by atoms with Gasteiger partial charge in [0.05, 0.1) is 4.88 Å². The van der Waals surface area contributed by atoms with Gasteiger partial charge in [-0.25, -0.2) is 0 Å². The first-order valence-electron chi connectivity index (χ1n) is 9.44. The molecule has 0 saturated heterocycles. The van der Waals surface area contributed by atoms with Crippen molar-refractivity contribution in [3.63, 3.8) is 0 Å². The van der Waals surface area contributed by atoms with Crippen molar-refractivity contribution in [1.29, 1.82) is 0 Å². The smallest absolute Gasteiger partial charge is 0.261 e. The van der Waals surface area contributed by atoms with Gasteiger partial charge in [-0.3, -0.25) is 9.79 Å². The van der Waals surface area contributed by atoms with Crippen LogP contribution in [-0.4, -0.2) is 52.3 Å². The maximum absolute atomic E-state index is 11.9. The minimum atomic E-state index is 0.00354. The summed E-state index contributed by atoms with van der Waals surface area (Å²) >= 11 is 1.46. The molecule has 6 nitrogen and oxygen atoms in total. The average molecular weight is 381 g/mol. The summed E-state index contributed by atoms with van der Waals surface area (Å²) in [5.74, 6) is 0.835. The van der Waals surface area contributed by atoms with E-state index in [-0.39, 0.29) is 5.91 Å². The Morgan fingerprint density at radius 2 is 2.04 bits per heavy atom. The predicted molar refractivity (Wildman–Crippen MR) is 108 cm³/mol. The summed E-state index contributed by atoms with van der Waals surface area (Å²) in [5, 5.41) is 11.7. The third-order valence-corrected chi connectivity index (χ3v) is 5.90. The van der Waals surface area contributed by atoms with Crippen LogP contribution < -0.4 is 16.0 Å². The van der Waals surface area contributed by atoms with Crippen LogP contribution in [-0.2, 0) is 4.74 Å². The van der Waals surface area contributed by atoms with Crippen molar-refractivity contribution in [1.82, 2.24) is 16.0 Å². The van der Waals surface area contributed by atoms with Crippen molar-refractivity contribution in [2.75, 3.05) is 40.4 Å². The number of hydrogen-bond acceptors (Lipinski definition) is 4. The summed E-state index contributed by atoms with van der Waals surface area (Å²) in [7, 11) is 3.57. The zero-order chi connectivity index (χ0) is 18.7. The third kappa shape index (κ3) is 6.61. The highest BCUT2D eigenvalue weighted by Gasteiger charge is 2.33. The van der Waals surface area contributed by atoms with Crippen LogP contribution in [0.3, 0.4) is 0 Å². The zero-order valence-corrected chi connectivity index (χ0v) is 16.8. The monoisotopic (exact) mass is 380 g/mol. The van der Waals surface area contributed by atoms with Gasteiger partial charge in [-0.2, -0.15) is 0 Å². The molecule has 0 atom stereocenters. The van der Waals surface area contributed by atoms with Gasteiger partial charge < -0.3 is 20.7 Å². The molecule has 1 amide bonds. The lowest BCUT2D eigenvalue weighted by atomic mass is 9.83. The highest BCUT2D eigenvalue weighted by Crippen LogP contribution is 2.40. The van der Waals surface area contributed by atoms with E-state index in [2.05, 4.69) is 20.9 Å². The second-order valence-electron chi connectivity index (χ2n) is 6.89. The molecule has 0 spiro atoms. The van der Waals surface area contributed by atoms with E-state index in [1.165, 1.54) is 37.0 Å². The van der Waals surface area contributed by atoms with Crippen LogP contribution in [0, 0.1) is 5.41 Å². The number of methoxy groups -OCH3 is 1. The Hall–Kier alpha value is -1.60. The number of hydrogen-bond donors (Lipinski definition) is 3. The quantitative estimate of drug-likeness (QED) is 0.331. The van der Waals surface area contributed by atoms with E-state index in [9.17, 15) is 4.79 Å². The van der Waals surface area contributed by atoms with E-state index in [0.717, 1.165) is 43.4 Å². The first-order chi connectivity index (χ1) is 12.7. The summed E-state index contributed by atoms with van der Waals surface area (Å²) in [6.45, 7) is 3.18. The van der Waals surface area contributed by atoms with E-state index in [1.807, 2.05) is 17.5 Å². The summed E-state index contributed by atoms with van der Waals surface area (Å²) in [5.41, 5.74) is 0.336. The zero-order valence-electron chi connectivity index (χ0n) is 16.0. The minimum Gasteiger partial charge on any atom is -0.385 e. The molecular weight excluding hydrogens is 348 g/mol. The van der Waals surface area contributed by atoms with Crippen LogP contribution in [0.2, 0.25) is 0 Å². The van der Waals surface area contributed by atoms with Crippen LogP contribution in [0.4, 0.5) is 0 Å². The largest absolute Gasteiger partial charge is 0.385 e. The highest BCUT2D eigenvalue weighted by atomic mass is 32.1. The van der Waals surface area contributed by atoms with Gasteiger partial charge in [0.1, 0.15) is 0 Å². The molecular formula is C19H32N4O2S. The summed E-state index contributed by atoms with van der Waals surface area (Å²) in [6, 6.07) is 3.73. The van der Waals surface area contributed by atoms with Crippen LogP contribution in [0.1, 0.15) is 48.2 Å². The summed E-state index contributed by atoms with van der Waals surface area (Å²) in [6.07, 6.45) is 7.09. The molecule has 1 aromatic rings. The number of thiophene rings is 1. The average Bonchev–Trinajstić information content (AvgIpc) is 3.34. The van der Waals surface area contributed by atoms with Gasteiger partial charge in [0, 0.05) is 40.4 Å². The Morgan fingerprint density at radius 3 is 2.69 bits per heavy atom. The molecule has 146 valence electrons. The van der Waals surface area contributed by atoms with Crippen molar-refractivity contribution in [2.24, 2.45) is 10.4 Å². The molecule has 3 N–H and O–H groups in total. The highest BCUT2D eigenvalue weighted by molar-refractivity contribution is 7.12. The lowest BCUT2D eigenvalue weighted by molar-refractivity contribution is 0.0957. The molecule has 1 fully saturated rings. The predicted octanol–water partition coefficient (Wildman–Crippen LogP) is 2.63. The molecule has 1 heterocycles. The molecule has 0 unspecified atom stereocenters. The van der Waals surface area contributed by atoms with E-state index in [0.29, 0.717) is 12.0 Å². The number of amides is 1. The number of ether oxygens (including phenoxy) is 1. The van der Waals surface area contributed by atoms with Gasteiger partial charge in [0.2, 0.25) is 0 Å². The van der Waals surface area contributed by atoms with Crippen LogP contribution in [0.5, 0.6) is 0 Å². The lowest BCUT2D eigenvalue weighted by Crippen LogP contribution is -2.44. The van der Waals surface area contributed by atoms with Crippen molar-refractivity contribution < 1.29 is 9.53 Å². The maximum Gasteiger partial charge on any atom is 0.261 e. The van der Waals surface area contributed by atoms with Gasteiger partial charge in [-0.1, -0.05) is 18.9 Å². The molecule has 0 radical (unpaired) electrons. The van der Waals surface area contributed by atoms with E-state index >= 15 is 0 Å². The van der Waals surface area contributed by atoms with Crippen LogP contribution in [0.25, 0.3) is 0 Å². The van der Waals surface area contributed by atoms with Crippen molar-refractivity contribution in [3.05, 3.63) is 22.4 Å². The van der Waals surface area contributed by atoms with Gasteiger partial charge in [0.15, 0.2) is 5.96 Å². The van der Waals surface area contributed by atoms with Crippen LogP contribution >= 0.6 is 11.3 Å². The number of aliphatic imine (C=N–C) groups is 1. The molecule has 0 aromatic carbocycles. The molecule has 1 aliphatic carbocycles. The Labute approximate surface area is 160 Å². The van der Waals surface area contributed by atoms with Crippen LogP contribution in [0.15, 0.2) is 22.5 Å². The van der Waals surface area contributed by atoms with E-state index in [4.69, 9.17) is 4.74 Å². The standard InChI is InChI=1S/C19H32N4O2S/c1-20-18(23-15-19(10-13-25-2)8-3-4-9-19)22-12-6-11-21-17(24)16-7-5-14-26-16/h5,7,14H,3-4,6,8-13,15H2,1-2H3,(H,21,24)(H2,20,22,23). The summed E-state index contributed by atoms with van der Waals surface area (Å²) in [4.78, 5) is 16.9.